The number of aliphatic hydroxyl groups excluding tert-OH is 1. The third-order valence-electron chi connectivity index (χ3n) is 3.29. The summed E-state index contributed by atoms with van der Waals surface area (Å²) < 4.78 is 11.6. The van der Waals surface area contributed by atoms with Crippen molar-refractivity contribution in [1.82, 2.24) is 9.55 Å². The maximum absolute atomic E-state index is 11.1. The van der Waals surface area contributed by atoms with Crippen molar-refractivity contribution >= 4 is 18.2 Å². The van der Waals surface area contributed by atoms with E-state index >= 15 is 0 Å². The van der Waals surface area contributed by atoms with Crippen LogP contribution in [0.2, 0.25) is 0 Å². The standard InChI is InChI=1S/C12H16N2O6S/c1-7(15)19-5-3-12(18)6-20-10(9(12)17)14-4-2-8(16)13-11(14)21/h2,4,9-10,17-18H,3,5-6H2,1H3,(H,13,16,21)/t9?,10-,12?/m1/s1. The summed E-state index contributed by atoms with van der Waals surface area (Å²) in [6.45, 7) is 1.09. The second-order valence-corrected chi connectivity index (χ2v) is 5.24. The number of nitrogens with zero attached hydrogens (tertiary/aromatic N) is 1. The number of aromatic nitrogens is 2. The number of aromatic amines is 1. The van der Waals surface area contributed by atoms with Gasteiger partial charge in [-0.15, -0.1) is 0 Å². The molecule has 2 rings (SSSR count). The molecule has 1 aliphatic heterocycles. The van der Waals surface area contributed by atoms with E-state index in [9.17, 15) is 19.8 Å². The fraction of sp³-hybridized carbons (Fsp3) is 0.583. The van der Waals surface area contributed by atoms with Gasteiger partial charge in [-0.25, -0.2) is 0 Å². The lowest BCUT2D eigenvalue weighted by Gasteiger charge is -2.26. The van der Waals surface area contributed by atoms with Crippen molar-refractivity contribution < 1.29 is 24.5 Å². The maximum Gasteiger partial charge on any atom is 0.302 e. The van der Waals surface area contributed by atoms with E-state index in [4.69, 9.17) is 21.7 Å². The lowest BCUT2D eigenvalue weighted by molar-refractivity contribution is -0.143. The molecule has 0 amide bonds. The van der Waals surface area contributed by atoms with Crippen molar-refractivity contribution in [3.8, 4) is 0 Å². The summed E-state index contributed by atoms with van der Waals surface area (Å²) in [7, 11) is 0. The molecule has 3 N–H and O–H groups in total. The molecule has 21 heavy (non-hydrogen) atoms. The molecule has 2 heterocycles. The van der Waals surface area contributed by atoms with Crippen LogP contribution in [0.3, 0.4) is 0 Å². The first kappa shape index (κ1) is 15.8. The number of nitrogens with one attached hydrogen (secondary N) is 1. The van der Waals surface area contributed by atoms with E-state index in [1.807, 2.05) is 0 Å². The molecule has 8 nitrogen and oxygen atoms in total. The van der Waals surface area contributed by atoms with Crippen LogP contribution in [0, 0.1) is 4.77 Å². The van der Waals surface area contributed by atoms with Crippen molar-refractivity contribution in [2.75, 3.05) is 13.2 Å². The molecule has 0 spiro atoms. The van der Waals surface area contributed by atoms with Crippen molar-refractivity contribution in [2.24, 2.45) is 0 Å². The van der Waals surface area contributed by atoms with Gasteiger partial charge in [-0.3, -0.25) is 19.1 Å². The normalized spacial score (nSPS) is 28.5. The summed E-state index contributed by atoms with van der Waals surface area (Å²) in [5.74, 6) is -0.466. The molecule has 116 valence electrons. The van der Waals surface area contributed by atoms with Gasteiger partial charge in [0.25, 0.3) is 5.56 Å². The van der Waals surface area contributed by atoms with Crippen LogP contribution in [0.1, 0.15) is 19.6 Å². The lowest BCUT2D eigenvalue weighted by Crippen LogP contribution is -2.44. The fourth-order valence-electron chi connectivity index (χ4n) is 2.12. The molecular formula is C12H16N2O6S. The first-order valence-electron chi connectivity index (χ1n) is 6.30. The summed E-state index contributed by atoms with van der Waals surface area (Å²) in [6, 6.07) is 1.24. The number of carbonyl (C=O) groups excluding carboxylic acids is 1. The Morgan fingerprint density at radius 2 is 2.43 bits per heavy atom. The fourth-order valence-corrected chi connectivity index (χ4v) is 2.39. The van der Waals surface area contributed by atoms with Gasteiger partial charge < -0.3 is 19.7 Å². The van der Waals surface area contributed by atoms with Crippen LogP contribution >= 0.6 is 12.2 Å². The average Bonchev–Trinajstić information content (AvgIpc) is 2.67. The van der Waals surface area contributed by atoms with Gasteiger partial charge in [0.1, 0.15) is 11.7 Å². The Labute approximate surface area is 124 Å². The molecular weight excluding hydrogens is 300 g/mol. The van der Waals surface area contributed by atoms with E-state index in [0.717, 1.165) is 0 Å². The molecule has 0 aromatic carbocycles. The Kier molecular flexibility index (Phi) is 4.57. The van der Waals surface area contributed by atoms with E-state index in [0.29, 0.717) is 0 Å². The summed E-state index contributed by atoms with van der Waals surface area (Å²) in [4.78, 5) is 24.3. The predicted octanol–water partition coefficient (Wildman–Crippen LogP) is -0.520. The van der Waals surface area contributed by atoms with E-state index in [-0.39, 0.29) is 30.0 Å². The van der Waals surface area contributed by atoms with Gasteiger partial charge in [-0.05, 0) is 12.2 Å². The highest BCUT2D eigenvalue weighted by atomic mass is 32.1. The molecule has 1 fully saturated rings. The number of ether oxygens (including phenoxy) is 2. The molecule has 0 radical (unpaired) electrons. The lowest BCUT2D eigenvalue weighted by atomic mass is 9.95. The molecule has 1 saturated heterocycles. The minimum atomic E-state index is -1.55. The van der Waals surface area contributed by atoms with Gasteiger partial charge in [-0.2, -0.15) is 0 Å². The quantitative estimate of drug-likeness (QED) is 0.506. The van der Waals surface area contributed by atoms with Gasteiger partial charge in [-0.1, -0.05) is 0 Å². The van der Waals surface area contributed by atoms with Crippen molar-refractivity contribution in [3.05, 3.63) is 27.4 Å². The Morgan fingerprint density at radius 1 is 1.71 bits per heavy atom. The second-order valence-electron chi connectivity index (χ2n) is 4.86. The molecule has 9 heteroatoms. The number of hydrogen-bond acceptors (Lipinski definition) is 7. The number of hydrogen-bond donors (Lipinski definition) is 3. The predicted molar refractivity (Wildman–Crippen MR) is 73.1 cm³/mol. The van der Waals surface area contributed by atoms with Gasteiger partial charge in [0.05, 0.1) is 13.2 Å². The number of carbonyl (C=O) groups is 1. The zero-order valence-electron chi connectivity index (χ0n) is 11.3. The van der Waals surface area contributed by atoms with Crippen LogP contribution in [0.15, 0.2) is 17.1 Å². The molecule has 0 saturated carbocycles. The third kappa shape index (κ3) is 3.38. The first-order valence-corrected chi connectivity index (χ1v) is 6.71. The highest BCUT2D eigenvalue weighted by Crippen LogP contribution is 2.34. The van der Waals surface area contributed by atoms with E-state index < -0.39 is 23.9 Å². The average molecular weight is 316 g/mol. The smallest absolute Gasteiger partial charge is 0.302 e. The van der Waals surface area contributed by atoms with Gasteiger partial charge in [0.15, 0.2) is 11.0 Å². The molecule has 2 unspecified atom stereocenters. The molecule has 1 aromatic heterocycles. The zero-order valence-corrected chi connectivity index (χ0v) is 12.1. The minimum Gasteiger partial charge on any atom is -0.466 e. The number of H-pyrrole nitrogens is 1. The van der Waals surface area contributed by atoms with Crippen molar-refractivity contribution in [3.63, 3.8) is 0 Å². The number of esters is 1. The van der Waals surface area contributed by atoms with Crippen molar-refractivity contribution in [2.45, 2.75) is 31.3 Å². The SMILES string of the molecule is CC(=O)OCCC1(O)CO[C@@H](n2ccc(=O)[nH]c2=S)C1O. The van der Waals surface area contributed by atoms with Gasteiger partial charge in [0.2, 0.25) is 0 Å². The maximum atomic E-state index is 11.1. The third-order valence-corrected chi connectivity index (χ3v) is 3.60. The van der Waals surface area contributed by atoms with E-state index in [1.54, 1.807) is 0 Å². The molecule has 3 atom stereocenters. The summed E-state index contributed by atoms with van der Waals surface area (Å²) in [5, 5.41) is 20.6. The highest BCUT2D eigenvalue weighted by molar-refractivity contribution is 7.71. The van der Waals surface area contributed by atoms with Crippen LogP contribution in [0.4, 0.5) is 0 Å². The number of aliphatic hydroxyl groups is 2. The van der Waals surface area contributed by atoms with Crippen LogP contribution < -0.4 is 5.56 Å². The monoisotopic (exact) mass is 316 g/mol. The first-order chi connectivity index (χ1) is 9.83. The highest BCUT2D eigenvalue weighted by Gasteiger charge is 2.48. The minimum absolute atomic E-state index is 0.0287. The topological polar surface area (TPSA) is 114 Å². The van der Waals surface area contributed by atoms with Crippen molar-refractivity contribution in [1.29, 1.82) is 0 Å². The van der Waals surface area contributed by atoms with E-state index in [1.165, 1.54) is 23.8 Å². The Hall–Kier alpha value is -1.55. The van der Waals surface area contributed by atoms with Crippen LogP contribution in [-0.4, -0.2) is 50.7 Å². The zero-order chi connectivity index (χ0) is 15.6. The van der Waals surface area contributed by atoms with Crippen LogP contribution in [0.25, 0.3) is 0 Å². The molecule has 1 aliphatic rings. The van der Waals surface area contributed by atoms with Gasteiger partial charge >= 0.3 is 5.97 Å². The Balaban J connectivity index is 2.13. The molecule has 0 bridgehead atoms. The van der Waals surface area contributed by atoms with Gasteiger partial charge in [0, 0.05) is 25.6 Å². The van der Waals surface area contributed by atoms with Crippen LogP contribution in [-0.2, 0) is 14.3 Å². The summed E-state index contributed by atoms with van der Waals surface area (Å²) >= 11 is 4.99. The molecule has 0 aliphatic carbocycles. The Morgan fingerprint density at radius 3 is 3.05 bits per heavy atom. The van der Waals surface area contributed by atoms with E-state index in [2.05, 4.69) is 4.98 Å². The summed E-state index contributed by atoms with van der Waals surface area (Å²) in [5.41, 5.74) is -1.92. The van der Waals surface area contributed by atoms with Crippen LogP contribution in [0.5, 0.6) is 0 Å². The second kappa shape index (κ2) is 6.06. The summed E-state index contributed by atoms with van der Waals surface area (Å²) in [6.07, 6.45) is -0.782. The number of rotatable bonds is 4. The Bertz CT molecular complexity index is 641. The largest absolute Gasteiger partial charge is 0.466 e. The molecule has 1 aromatic rings.